The van der Waals surface area contributed by atoms with Crippen LogP contribution in [0.3, 0.4) is 0 Å². The quantitative estimate of drug-likeness (QED) is 0.414. The minimum absolute atomic E-state index is 0.119. The first-order chi connectivity index (χ1) is 12.7. The van der Waals surface area contributed by atoms with E-state index < -0.39 is 0 Å². The molecule has 0 atom stereocenters. The number of nitrogens with zero attached hydrogens (tertiary/aromatic N) is 2. The lowest BCUT2D eigenvalue weighted by molar-refractivity contribution is 0.687. The van der Waals surface area contributed by atoms with E-state index >= 15 is 0 Å². The molecule has 0 radical (unpaired) electrons. The SMILES string of the molecule is CCCc1c(CCC)n2c(=O)c3ccccc3c(=O)n2c2ccccc12. The second-order valence-corrected chi connectivity index (χ2v) is 6.72. The van der Waals surface area contributed by atoms with Crippen LogP contribution in [0.25, 0.3) is 21.7 Å². The Labute approximate surface area is 151 Å². The van der Waals surface area contributed by atoms with Crippen molar-refractivity contribution in [3.63, 3.8) is 0 Å². The zero-order chi connectivity index (χ0) is 18.3. The third-order valence-electron chi connectivity index (χ3n) is 5.02. The normalized spacial score (nSPS) is 11.6. The van der Waals surface area contributed by atoms with E-state index in [1.165, 1.54) is 5.56 Å². The summed E-state index contributed by atoms with van der Waals surface area (Å²) < 4.78 is 3.20. The Morgan fingerprint density at radius 1 is 0.692 bits per heavy atom. The van der Waals surface area contributed by atoms with Gasteiger partial charge in [0.2, 0.25) is 0 Å². The van der Waals surface area contributed by atoms with Crippen molar-refractivity contribution in [3.8, 4) is 0 Å². The first-order valence-electron chi connectivity index (χ1n) is 9.28. The molecular formula is C22H22N2O2. The van der Waals surface area contributed by atoms with E-state index in [0.717, 1.165) is 42.3 Å². The molecule has 2 heterocycles. The average molecular weight is 346 g/mol. The van der Waals surface area contributed by atoms with Gasteiger partial charge in [-0.05, 0) is 36.6 Å². The first kappa shape index (κ1) is 16.6. The summed E-state index contributed by atoms with van der Waals surface area (Å²) in [7, 11) is 0. The molecule has 0 N–H and O–H groups in total. The van der Waals surface area contributed by atoms with Crippen molar-refractivity contribution in [1.82, 2.24) is 9.03 Å². The summed E-state index contributed by atoms with van der Waals surface area (Å²) in [6.07, 6.45) is 3.56. The molecule has 26 heavy (non-hydrogen) atoms. The van der Waals surface area contributed by atoms with Crippen LogP contribution < -0.4 is 11.1 Å². The van der Waals surface area contributed by atoms with Crippen molar-refractivity contribution < 1.29 is 0 Å². The van der Waals surface area contributed by atoms with Crippen LogP contribution in [0.4, 0.5) is 0 Å². The fourth-order valence-electron chi connectivity index (χ4n) is 3.95. The van der Waals surface area contributed by atoms with E-state index in [1.54, 1.807) is 27.2 Å². The Bertz CT molecular complexity index is 1250. The van der Waals surface area contributed by atoms with Crippen molar-refractivity contribution in [2.24, 2.45) is 0 Å². The maximum Gasteiger partial charge on any atom is 0.278 e. The number of aryl methyl sites for hydroxylation is 2. The van der Waals surface area contributed by atoms with Crippen molar-refractivity contribution >= 4 is 21.7 Å². The summed E-state index contributed by atoms with van der Waals surface area (Å²) in [4.78, 5) is 26.6. The smallest absolute Gasteiger partial charge is 0.267 e. The molecule has 4 aromatic rings. The second kappa shape index (κ2) is 6.45. The van der Waals surface area contributed by atoms with Gasteiger partial charge in [0, 0.05) is 11.1 Å². The molecule has 0 saturated carbocycles. The van der Waals surface area contributed by atoms with E-state index in [-0.39, 0.29) is 11.1 Å². The Kier molecular flexibility index (Phi) is 4.11. The number of aromatic nitrogens is 2. The second-order valence-electron chi connectivity index (χ2n) is 6.72. The lowest BCUT2D eigenvalue weighted by Crippen LogP contribution is -2.33. The highest BCUT2D eigenvalue weighted by atomic mass is 16.2. The Morgan fingerprint density at radius 3 is 1.85 bits per heavy atom. The maximum absolute atomic E-state index is 13.3. The maximum atomic E-state index is 13.3. The Balaban J connectivity index is 2.39. The van der Waals surface area contributed by atoms with E-state index in [0.29, 0.717) is 10.8 Å². The summed E-state index contributed by atoms with van der Waals surface area (Å²) >= 11 is 0. The van der Waals surface area contributed by atoms with Crippen molar-refractivity contribution in [2.75, 3.05) is 0 Å². The molecule has 0 bridgehead atoms. The topological polar surface area (TPSA) is 43.0 Å². The third-order valence-corrected chi connectivity index (χ3v) is 5.02. The van der Waals surface area contributed by atoms with Gasteiger partial charge >= 0.3 is 0 Å². The highest BCUT2D eigenvalue weighted by Gasteiger charge is 2.18. The number of para-hydroxylation sites is 1. The van der Waals surface area contributed by atoms with Gasteiger partial charge < -0.3 is 0 Å². The van der Waals surface area contributed by atoms with Crippen LogP contribution in [0.1, 0.15) is 37.9 Å². The molecule has 0 aliphatic heterocycles. The third kappa shape index (κ3) is 2.29. The molecule has 4 nitrogen and oxygen atoms in total. The summed E-state index contributed by atoms with van der Waals surface area (Å²) in [5.41, 5.74) is 2.68. The van der Waals surface area contributed by atoms with Crippen molar-refractivity contribution in [2.45, 2.75) is 39.5 Å². The lowest BCUT2D eigenvalue weighted by Gasteiger charge is -2.19. The Morgan fingerprint density at radius 2 is 1.23 bits per heavy atom. The fourth-order valence-corrected chi connectivity index (χ4v) is 3.95. The zero-order valence-electron chi connectivity index (χ0n) is 15.2. The van der Waals surface area contributed by atoms with Crippen molar-refractivity contribution in [3.05, 3.63) is 80.5 Å². The van der Waals surface area contributed by atoms with Gasteiger partial charge in [0.15, 0.2) is 0 Å². The van der Waals surface area contributed by atoms with E-state index in [2.05, 4.69) is 19.9 Å². The van der Waals surface area contributed by atoms with E-state index in [9.17, 15) is 9.59 Å². The number of hydrogen-bond acceptors (Lipinski definition) is 2. The summed E-state index contributed by atoms with van der Waals surface area (Å²) in [6, 6.07) is 15.0. The highest BCUT2D eigenvalue weighted by molar-refractivity contribution is 5.86. The Hall–Kier alpha value is -2.88. The summed E-state index contributed by atoms with van der Waals surface area (Å²) in [5.74, 6) is 0. The molecule has 0 fully saturated rings. The average Bonchev–Trinajstić information content (AvgIpc) is 2.67. The lowest BCUT2D eigenvalue weighted by atomic mass is 10.00. The molecule has 132 valence electrons. The predicted molar refractivity (Wildman–Crippen MR) is 106 cm³/mol. The molecule has 0 amide bonds. The largest absolute Gasteiger partial charge is 0.278 e. The molecule has 2 aromatic heterocycles. The van der Waals surface area contributed by atoms with Crippen LogP contribution in [-0.4, -0.2) is 9.03 Å². The minimum Gasteiger partial charge on any atom is -0.267 e. The van der Waals surface area contributed by atoms with Gasteiger partial charge in [0.25, 0.3) is 11.1 Å². The van der Waals surface area contributed by atoms with Crippen LogP contribution >= 0.6 is 0 Å². The number of fused-ring (bicyclic) bond motifs is 4. The molecule has 0 spiro atoms. The predicted octanol–water partition coefficient (Wildman–Crippen LogP) is 3.97. The molecule has 0 unspecified atom stereocenters. The number of hydrogen-bond donors (Lipinski definition) is 0. The van der Waals surface area contributed by atoms with E-state index in [1.807, 2.05) is 24.3 Å². The minimum atomic E-state index is -0.142. The fraction of sp³-hybridized carbons (Fsp3) is 0.273. The summed E-state index contributed by atoms with van der Waals surface area (Å²) in [5, 5.41) is 2.02. The van der Waals surface area contributed by atoms with Crippen molar-refractivity contribution in [1.29, 1.82) is 0 Å². The molecule has 0 aliphatic carbocycles. The molecule has 4 rings (SSSR count). The summed E-state index contributed by atoms with van der Waals surface area (Å²) in [6.45, 7) is 4.25. The van der Waals surface area contributed by atoms with Gasteiger partial charge in [-0.25, -0.2) is 9.03 Å². The highest BCUT2D eigenvalue weighted by Crippen LogP contribution is 2.24. The van der Waals surface area contributed by atoms with Crippen LogP contribution in [0.15, 0.2) is 58.1 Å². The van der Waals surface area contributed by atoms with Gasteiger partial charge in [-0.1, -0.05) is 57.0 Å². The van der Waals surface area contributed by atoms with Gasteiger partial charge in [0.1, 0.15) is 0 Å². The molecule has 0 saturated heterocycles. The number of rotatable bonds is 4. The molecule has 0 aliphatic rings. The molecule has 4 heteroatoms. The van der Waals surface area contributed by atoms with Crippen LogP contribution in [0.5, 0.6) is 0 Å². The standard InChI is InChI=1S/C22H22N2O2/c1-3-9-15-16-11-7-8-14-20(16)24-22(26)18-13-6-5-12-17(18)21(25)23(24)19(15)10-4-2/h5-8,11-14H,3-4,9-10H2,1-2H3. The van der Waals surface area contributed by atoms with Gasteiger partial charge in [-0.3, -0.25) is 9.59 Å². The van der Waals surface area contributed by atoms with E-state index in [4.69, 9.17) is 0 Å². The first-order valence-corrected chi connectivity index (χ1v) is 9.28. The monoisotopic (exact) mass is 346 g/mol. The van der Waals surface area contributed by atoms with Gasteiger partial charge in [0.05, 0.1) is 16.3 Å². The molecular weight excluding hydrogens is 324 g/mol. The number of benzene rings is 2. The van der Waals surface area contributed by atoms with Gasteiger partial charge in [-0.15, -0.1) is 0 Å². The van der Waals surface area contributed by atoms with Crippen LogP contribution in [-0.2, 0) is 12.8 Å². The molecule has 2 aromatic carbocycles. The zero-order valence-corrected chi connectivity index (χ0v) is 15.2. The van der Waals surface area contributed by atoms with Crippen LogP contribution in [0, 0.1) is 0 Å². The van der Waals surface area contributed by atoms with Crippen LogP contribution in [0.2, 0.25) is 0 Å². The van der Waals surface area contributed by atoms with Gasteiger partial charge in [-0.2, -0.15) is 0 Å².